The van der Waals surface area contributed by atoms with Crippen LogP contribution in [0.3, 0.4) is 0 Å². The van der Waals surface area contributed by atoms with Crippen LogP contribution in [0.5, 0.6) is 0 Å². The number of hydrogen-bond acceptors (Lipinski definition) is 3. The molecule has 0 saturated carbocycles. The van der Waals surface area contributed by atoms with Gasteiger partial charge in [-0.25, -0.2) is 0 Å². The number of amides is 1. The second-order valence-corrected chi connectivity index (χ2v) is 3.18. The highest BCUT2D eigenvalue weighted by Crippen LogP contribution is 1.97. The van der Waals surface area contributed by atoms with E-state index in [4.69, 9.17) is 11.5 Å². The standard InChI is InChI=1S/C9H21N3O/c1-2-3-5-8(11)9(13)12-7-4-6-10/h8H,2-7,10-11H2,1H3,(H,12,13)/t8-/m0/s1. The van der Waals surface area contributed by atoms with Crippen LogP contribution in [-0.2, 0) is 4.79 Å². The van der Waals surface area contributed by atoms with Crippen molar-refractivity contribution >= 4 is 5.91 Å². The van der Waals surface area contributed by atoms with Crippen molar-refractivity contribution in [3.05, 3.63) is 0 Å². The summed E-state index contributed by atoms with van der Waals surface area (Å²) in [4.78, 5) is 11.2. The fraction of sp³-hybridized carbons (Fsp3) is 0.889. The molecule has 0 aliphatic heterocycles. The van der Waals surface area contributed by atoms with E-state index in [1.807, 2.05) is 0 Å². The van der Waals surface area contributed by atoms with Crippen molar-refractivity contribution in [2.45, 2.75) is 38.6 Å². The van der Waals surface area contributed by atoms with E-state index >= 15 is 0 Å². The molecule has 0 spiro atoms. The van der Waals surface area contributed by atoms with Crippen molar-refractivity contribution in [3.8, 4) is 0 Å². The number of carbonyl (C=O) groups is 1. The molecule has 0 unspecified atom stereocenters. The molecule has 0 aromatic heterocycles. The van der Waals surface area contributed by atoms with Crippen LogP contribution in [-0.4, -0.2) is 25.0 Å². The molecule has 0 aliphatic rings. The van der Waals surface area contributed by atoms with Crippen LogP contribution < -0.4 is 16.8 Å². The smallest absolute Gasteiger partial charge is 0.236 e. The van der Waals surface area contributed by atoms with E-state index in [1.165, 1.54) is 0 Å². The van der Waals surface area contributed by atoms with Gasteiger partial charge in [0.2, 0.25) is 5.91 Å². The molecule has 5 N–H and O–H groups in total. The van der Waals surface area contributed by atoms with Gasteiger partial charge in [0, 0.05) is 6.54 Å². The highest BCUT2D eigenvalue weighted by atomic mass is 16.2. The molecule has 1 amide bonds. The molecule has 0 fully saturated rings. The van der Waals surface area contributed by atoms with Crippen LogP contribution in [0.2, 0.25) is 0 Å². The summed E-state index contributed by atoms with van der Waals surface area (Å²) < 4.78 is 0. The molecule has 0 radical (unpaired) electrons. The minimum atomic E-state index is -0.349. The van der Waals surface area contributed by atoms with Gasteiger partial charge in [-0.05, 0) is 19.4 Å². The lowest BCUT2D eigenvalue weighted by Crippen LogP contribution is -2.41. The summed E-state index contributed by atoms with van der Waals surface area (Å²) in [5.74, 6) is -0.0538. The third kappa shape index (κ3) is 6.54. The van der Waals surface area contributed by atoms with Gasteiger partial charge in [0.1, 0.15) is 0 Å². The van der Waals surface area contributed by atoms with Gasteiger partial charge >= 0.3 is 0 Å². The zero-order valence-corrected chi connectivity index (χ0v) is 8.38. The molecule has 0 saturated heterocycles. The van der Waals surface area contributed by atoms with Crippen molar-refractivity contribution in [2.75, 3.05) is 13.1 Å². The Labute approximate surface area is 80.0 Å². The van der Waals surface area contributed by atoms with Crippen molar-refractivity contribution in [1.29, 1.82) is 0 Å². The van der Waals surface area contributed by atoms with Crippen LogP contribution in [0.25, 0.3) is 0 Å². The van der Waals surface area contributed by atoms with Crippen LogP contribution in [0.4, 0.5) is 0 Å². The molecule has 13 heavy (non-hydrogen) atoms. The van der Waals surface area contributed by atoms with Gasteiger partial charge < -0.3 is 16.8 Å². The number of nitrogens with two attached hydrogens (primary N) is 2. The maximum atomic E-state index is 11.2. The molecule has 0 bridgehead atoms. The molecule has 4 nitrogen and oxygen atoms in total. The first kappa shape index (κ1) is 12.4. The topological polar surface area (TPSA) is 81.1 Å². The summed E-state index contributed by atoms with van der Waals surface area (Å²) >= 11 is 0. The zero-order valence-electron chi connectivity index (χ0n) is 8.38. The Balaban J connectivity index is 3.45. The van der Waals surface area contributed by atoms with E-state index in [-0.39, 0.29) is 11.9 Å². The average Bonchev–Trinajstić information content (AvgIpc) is 2.14. The molecule has 78 valence electrons. The number of carbonyl (C=O) groups excluding carboxylic acids is 1. The summed E-state index contributed by atoms with van der Waals surface area (Å²) in [5, 5.41) is 2.75. The lowest BCUT2D eigenvalue weighted by molar-refractivity contribution is -0.122. The third-order valence-corrected chi connectivity index (χ3v) is 1.89. The monoisotopic (exact) mass is 187 g/mol. The van der Waals surface area contributed by atoms with Gasteiger partial charge in [-0.15, -0.1) is 0 Å². The summed E-state index contributed by atoms with van der Waals surface area (Å²) in [5.41, 5.74) is 10.9. The SMILES string of the molecule is CCCC[C@H](N)C(=O)NCCCN. The number of nitrogens with one attached hydrogen (secondary N) is 1. The second kappa shape index (κ2) is 8.01. The first-order valence-electron chi connectivity index (χ1n) is 4.95. The largest absolute Gasteiger partial charge is 0.355 e. The highest BCUT2D eigenvalue weighted by molar-refractivity contribution is 5.81. The van der Waals surface area contributed by atoms with E-state index in [0.717, 1.165) is 25.7 Å². The van der Waals surface area contributed by atoms with Crippen molar-refractivity contribution in [3.63, 3.8) is 0 Å². The maximum Gasteiger partial charge on any atom is 0.236 e. The summed E-state index contributed by atoms with van der Waals surface area (Å²) in [7, 11) is 0. The van der Waals surface area contributed by atoms with Gasteiger partial charge in [0.05, 0.1) is 6.04 Å². The minimum Gasteiger partial charge on any atom is -0.355 e. The lowest BCUT2D eigenvalue weighted by atomic mass is 10.1. The first-order chi connectivity index (χ1) is 6.22. The molecule has 4 heteroatoms. The van der Waals surface area contributed by atoms with Crippen LogP contribution in [0.1, 0.15) is 32.6 Å². The summed E-state index contributed by atoms with van der Waals surface area (Å²) in [6.45, 7) is 3.32. The fourth-order valence-corrected chi connectivity index (χ4v) is 1.000. The fourth-order valence-electron chi connectivity index (χ4n) is 1.000. The third-order valence-electron chi connectivity index (χ3n) is 1.89. The van der Waals surface area contributed by atoms with Crippen LogP contribution in [0, 0.1) is 0 Å². The van der Waals surface area contributed by atoms with E-state index < -0.39 is 0 Å². The van der Waals surface area contributed by atoms with Crippen LogP contribution >= 0.6 is 0 Å². The van der Waals surface area contributed by atoms with Gasteiger partial charge in [-0.1, -0.05) is 19.8 Å². The molecule has 0 aliphatic carbocycles. The van der Waals surface area contributed by atoms with Crippen LogP contribution in [0.15, 0.2) is 0 Å². The van der Waals surface area contributed by atoms with Gasteiger partial charge in [0.15, 0.2) is 0 Å². The molecule has 0 aromatic rings. The Morgan fingerprint density at radius 3 is 2.69 bits per heavy atom. The van der Waals surface area contributed by atoms with Gasteiger partial charge in [0.25, 0.3) is 0 Å². The molecular formula is C9H21N3O. The molecule has 1 atom stereocenters. The predicted molar refractivity (Wildman–Crippen MR) is 54.2 cm³/mol. The zero-order chi connectivity index (χ0) is 10.1. The first-order valence-corrected chi connectivity index (χ1v) is 4.95. The Kier molecular flexibility index (Phi) is 7.63. The maximum absolute atomic E-state index is 11.2. The normalized spacial score (nSPS) is 12.5. The summed E-state index contributed by atoms with van der Waals surface area (Å²) in [6, 6.07) is -0.349. The Bertz CT molecular complexity index is 139. The van der Waals surface area contributed by atoms with Gasteiger partial charge in [-0.2, -0.15) is 0 Å². The Morgan fingerprint density at radius 2 is 2.15 bits per heavy atom. The average molecular weight is 187 g/mol. The van der Waals surface area contributed by atoms with Crippen molar-refractivity contribution in [2.24, 2.45) is 11.5 Å². The Morgan fingerprint density at radius 1 is 1.46 bits per heavy atom. The predicted octanol–water partition coefficient (Wildman–Crippen LogP) is -0.0311. The summed E-state index contributed by atoms with van der Waals surface area (Å²) in [6.07, 6.45) is 3.66. The molecule has 0 aromatic carbocycles. The van der Waals surface area contributed by atoms with Crippen molar-refractivity contribution in [1.82, 2.24) is 5.32 Å². The highest BCUT2D eigenvalue weighted by Gasteiger charge is 2.10. The number of unbranched alkanes of at least 4 members (excludes halogenated alkanes) is 1. The molecule has 0 rings (SSSR count). The number of hydrogen-bond donors (Lipinski definition) is 3. The lowest BCUT2D eigenvalue weighted by Gasteiger charge is -2.10. The van der Waals surface area contributed by atoms with Gasteiger partial charge in [-0.3, -0.25) is 4.79 Å². The van der Waals surface area contributed by atoms with E-state index in [0.29, 0.717) is 13.1 Å². The second-order valence-electron chi connectivity index (χ2n) is 3.18. The Hall–Kier alpha value is -0.610. The molecular weight excluding hydrogens is 166 g/mol. The van der Waals surface area contributed by atoms with E-state index in [2.05, 4.69) is 12.2 Å². The van der Waals surface area contributed by atoms with E-state index in [1.54, 1.807) is 0 Å². The number of rotatable bonds is 7. The quantitative estimate of drug-likeness (QED) is 0.489. The molecule has 0 heterocycles. The minimum absolute atomic E-state index is 0.0538. The van der Waals surface area contributed by atoms with Crippen molar-refractivity contribution < 1.29 is 4.79 Å². The van der Waals surface area contributed by atoms with E-state index in [9.17, 15) is 4.79 Å².